The zero-order chi connectivity index (χ0) is 55.4. The monoisotopic (exact) mass is 1220 g/mol. The fraction of sp³-hybridized carbons (Fsp3) is 1.00. The van der Waals surface area contributed by atoms with E-state index in [2.05, 4.69) is 0 Å². The van der Waals surface area contributed by atoms with Crippen molar-refractivity contribution in [1.82, 2.24) is 0 Å². The van der Waals surface area contributed by atoms with Gasteiger partial charge in [-0.15, -0.1) is 0 Å². The molecule has 0 radical (unpaired) electrons. The summed E-state index contributed by atoms with van der Waals surface area (Å²) in [5.74, 6) is 0. The minimum atomic E-state index is -2.05. The van der Waals surface area contributed by atoms with Crippen molar-refractivity contribution in [3.8, 4) is 0 Å². The van der Waals surface area contributed by atoms with E-state index in [0.29, 0.717) is 0 Å². The Kier molecular flexibility index (Phi) is 30.1. The van der Waals surface area contributed by atoms with Gasteiger partial charge in [-0.1, -0.05) is 385 Å². The van der Waals surface area contributed by atoms with Crippen LogP contribution in [0.25, 0.3) is 0 Å². The summed E-state index contributed by atoms with van der Waals surface area (Å²) in [5, 5.41) is 0. The molecule has 12 saturated carbocycles. The quantitative estimate of drug-likeness (QED) is 0.147. The molecule has 0 aliphatic heterocycles. The minimum absolute atomic E-state index is 0. The van der Waals surface area contributed by atoms with Crippen LogP contribution in [0.2, 0.25) is 66.5 Å². The van der Waals surface area contributed by atoms with Crippen molar-refractivity contribution in [1.29, 1.82) is 0 Å². The molecule has 0 amide bonds. The van der Waals surface area contributed by atoms with Crippen LogP contribution in [0.5, 0.6) is 0 Å². The predicted molar refractivity (Wildman–Crippen MR) is 354 cm³/mol. The number of hydrogen-bond acceptors (Lipinski definition) is 4. The van der Waals surface area contributed by atoms with Gasteiger partial charge < -0.3 is 19.2 Å². The van der Waals surface area contributed by atoms with Gasteiger partial charge in [0.1, 0.15) is 0 Å². The van der Waals surface area contributed by atoms with Crippen molar-refractivity contribution in [3.05, 3.63) is 0 Å². The molecule has 0 aromatic heterocycles. The van der Waals surface area contributed by atoms with Gasteiger partial charge >= 0.3 is 0 Å². The van der Waals surface area contributed by atoms with Crippen LogP contribution in [0.15, 0.2) is 0 Å². The summed E-state index contributed by atoms with van der Waals surface area (Å²) in [7, 11) is -8.19. The van der Waals surface area contributed by atoms with Crippen molar-refractivity contribution in [2.75, 3.05) is 0 Å². The molecule has 4 N–H and O–H groups in total. The first-order chi connectivity index (χ1) is 39.3. The first-order valence-corrected chi connectivity index (χ1v) is 46.9. The maximum atomic E-state index is 12.0. The third-order valence-corrected chi connectivity index (χ3v) is 49.7. The van der Waals surface area contributed by atoms with Gasteiger partial charge in [0.05, 0.1) is 0 Å². The second-order valence-corrected chi connectivity index (χ2v) is 48.5. The van der Waals surface area contributed by atoms with Crippen LogP contribution < -0.4 is 0 Å². The van der Waals surface area contributed by atoms with Crippen LogP contribution >= 0.6 is 0 Å². The van der Waals surface area contributed by atoms with Crippen LogP contribution in [0.4, 0.5) is 0 Å². The van der Waals surface area contributed by atoms with Crippen LogP contribution in [-0.4, -0.2) is 52.5 Å². The maximum Gasteiger partial charge on any atom is 0.197 e. The first-order valence-electron chi connectivity index (χ1n) is 38.2. The fourth-order valence-electron chi connectivity index (χ4n) is 22.8. The van der Waals surface area contributed by atoms with E-state index in [4.69, 9.17) is 0 Å². The molecule has 0 atom stereocenters. The Balaban J connectivity index is 0.000000141. The molecule has 12 rings (SSSR count). The molecule has 9 heteroatoms. The van der Waals surface area contributed by atoms with E-state index in [1.165, 1.54) is 385 Å². The van der Waals surface area contributed by atoms with E-state index in [9.17, 15) is 19.2 Å². The van der Waals surface area contributed by atoms with Crippen molar-refractivity contribution < 1.29 is 40.9 Å². The molecule has 0 spiro atoms. The molecule has 0 saturated heterocycles. The molecular formula is C72H136O4Si4Ti. The van der Waals surface area contributed by atoms with Crippen LogP contribution in [0, 0.1) is 0 Å². The summed E-state index contributed by atoms with van der Waals surface area (Å²) < 4.78 is 0. The Morgan fingerprint density at radius 3 is 0.247 bits per heavy atom. The molecule has 0 bridgehead atoms. The average Bonchev–Trinajstić information content (AvgIpc) is 3.63. The van der Waals surface area contributed by atoms with E-state index in [1.807, 2.05) is 0 Å². The van der Waals surface area contributed by atoms with Crippen molar-refractivity contribution >= 4 is 33.3 Å². The van der Waals surface area contributed by atoms with E-state index in [1.54, 1.807) is 0 Å². The summed E-state index contributed by atoms with van der Waals surface area (Å²) in [5.41, 5.74) is 9.19. The summed E-state index contributed by atoms with van der Waals surface area (Å²) in [4.78, 5) is 48.1. The van der Waals surface area contributed by atoms with Gasteiger partial charge in [0.25, 0.3) is 0 Å². The zero-order valence-electron chi connectivity index (χ0n) is 53.6. The fourth-order valence-corrected chi connectivity index (χ4v) is 46.8. The minimum Gasteiger partial charge on any atom is -0.431 e. The smallest absolute Gasteiger partial charge is 0.197 e. The summed E-state index contributed by atoms with van der Waals surface area (Å²) in [6, 6.07) is 0. The van der Waals surface area contributed by atoms with E-state index in [0.717, 1.165) is 66.5 Å². The SMILES string of the molecule is O[Si](C1CCCCC1)(C1CCCCC1)C1CCCCC1.O[Si](C1CCCCC1)(C1CCCCC1)C1CCCCC1.O[Si](C1CCCCC1)(C1CCCCC1)C1CCCCC1.O[Si](C1CCCCC1)(C1CCCCC1)C1CCCCC1.[Ti]. The van der Waals surface area contributed by atoms with Gasteiger partial charge in [-0.3, -0.25) is 0 Å². The second-order valence-electron chi connectivity index (χ2n) is 31.6. The standard InChI is InChI=1S/4C18H34OSi.Ti/c4*19-20(16-10-4-1-5-11-16,17-12-6-2-7-13-17)18-14-8-3-9-15-18;/h4*16-19H,1-15H2;. The van der Waals surface area contributed by atoms with Gasteiger partial charge in [-0.05, 0) is 66.5 Å². The number of hydrogen-bond donors (Lipinski definition) is 4. The predicted octanol–water partition coefficient (Wildman–Crippen LogP) is 23.7. The molecule has 0 heterocycles. The Hall–Kier alpha value is 1.42. The van der Waals surface area contributed by atoms with Gasteiger partial charge in [0, 0.05) is 21.7 Å². The Labute approximate surface area is 522 Å². The third kappa shape index (κ3) is 17.9. The maximum absolute atomic E-state index is 12.0. The average molecular weight is 1230 g/mol. The molecule has 12 aliphatic rings. The molecule has 0 unspecified atom stereocenters. The van der Waals surface area contributed by atoms with E-state index in [-0.39, 0.29) is 21.7 Å². The van der Waals surface area contributed by atoms with Crippen molar-refractivity contribution in [2.24, 2.45) is 0 Å². The summed E-state index contributed by atoms with van der Waals surface area (Å²) in [6.07, 6.45) is 83.7. The molecule has 12 fully saturated rings. The summed E-state index contributed by atoms with van der Waals surface area (Å²) in [6.45, 7) is 0. The first kappa shape index (κ1) is 68.3. The largest absolute Gasteiger partial charge is 0.431 e. The van der Waals surface area contributed by atoms with Crippen molar-refractivity contribution in [2.45, 2.75) is 452 Å². The van der Waals surface area contributed by atoms with Gasteiger partial charge in [0.2, 0.25) is 0 Å². The molecule has 4 nitrogen and oxygen atoms in total. The normalized spacial score (nSPS) is 28.3. The third-order valence-electron chi connectivity index (χ3n) is 27.1. The van der Waals surface area contributed by atoms with Crippen molar-refractivity contribution in [3.63, 3.8) is 0 Å². The van der Waals surface area contributed by atoms with Crippen LogP contribution in [-0.2, 0) is 21.7 Å². The van der Waals surface area contributed by atoms with Crippen LogP contribution in [0.1, 0.15) is 385 Å². The molecule has 12 aliphatic carbocycles. The molecule has 0 aromatic rings. The van der Waals surface area contributed by atoms with E-state index >= 15 is 0 Å². The Morgan fingerprint density at radius 1 is 0.123 bits per heavy atom. The van der Waals surface area contributed by atoms with Crippen LogP contribution in [0.3, 0.4) is 0 Å². The molecule has 468 valence electrons. The van der Waals surface area contributed by atoms with Gasteiger partial charge in [-0.25, -0.2) is 0 Å². The Bertz CT molecular complexity index is 1210. The zero-order valence-corrected chi connectivity index (χ0v) is 59.2. The Morgan fingerprint density at radius 2 is 0.185 bits per heavy atom. The van der Waals surface area contributed by atoms with E-state index < -0.39 is 33.3 Å². The molecule has 0 aromatic carbocycles. The summed E-state index contributed by atoms with van der Waals surface area (Å²) >= 11 is 0. The van der Waals surface area contributed by atoms with Gasteiger partial charge in [-0.2, -0.15) is 0 Å². The second kappa shape index (κ2) is 35.7. The number of rotatable bonds is 12. The topological polar surface area (TPSA) is 80.9 Å². The molecular weight excluding hydrogens is 1090 g/mol. The van der Waals surface area contributed by atoms with Gasteiger partial charge in [0.15, 0.2) is 33.3 Å². The molecule has 81 heavy (non-hydrogen) atoms.